The Labute approximate surface area is 212 Å². The largest absolute Gasteiger partial charge is 0.445 e. The second-order valence-electron chi connectivity index (χ2n) is 9.82. The number of benzene rings is 1. The molecule has 36 heavy (non-hydrogen) atoms. The summed E-state index contributed by atoms with van der Waals surface area (Å²) in [6.07, 6.45) is 8.17. The molecule has 1 fully saturated rings. The Bertz CT molecular complexity index is 986. The summed E-state index contributed by atoms with van der Waals surface area (Å²) >= 11 is 0. The van der Waals surface area contributed by atoms with Crippen LogP contribution in [0.4, 0.5) is 4.79 Å². The molecule has 1 aromatic carbocycles. The van der Waals surface area contributed by atoms with Crippen molar-refractivity contribution in [2.24, 2.45) is 11.7 Å². The van der Waals surface area contributed by atoms with Gasteiger partial charge in [-0.05, 0) is 44.6 Å². The lowest BCUT2D eigenvalue weighted by atomic mass is 9.79. The third-order valence-electron chi connectivity index (χ3n) is 7.06. The summed E-state index contributed by atoms with van der Waals surface area (Å²) in [5.41, 5.74) is 6.36. The zero-order valence-electron chi connectivity index (χ0n) is 21.2. The normalized spacial score (nSPS) is 21.6. The van der Waals surface area contributed by atoms with E-state index in [1.54, 1.807) is 13.0 Å². The monoisotopic (exact) mass is 498 g/mol. The van der Waals surface area contributed by atoms with Gasteiger partial charge in [0, 0.05) is 0 Å². The summed E-state index contributed by atoms with van der Waals surface area (Å²) in [6.45, 7) is 3.83. The van der Waals surface area contributed by atoms with E-state index in [-0.39, 0.29) is 12.5 Å². The Morgan fingerprint density at radius 2 is 1.92 bits per heavy atom. The molecule has 0 aliphatic heterocycles. The molecule has 0 radical (unpaired) electrons. The average Bonchev–Trinajstić information content (AvgIpc) is 2.86. The van der Waals surface area contributed by atoms with E-state index in [4.69, 9.17) is 10.5 Å². The number of alkyl carbamates (subject to hydrolysis) is 1. The smallest absolute Gasteiger partial charge is 0.408 e. The Morgan fingerprint density at radius 1 is 1.17 bits per heavy atom. The van der Waals surface area contributed by atoms with Crippen molar-refractivity contribution in [1.82, 2.24) is 16.0 Å². The number of carbonyl (C=O) groups excluding carboxylic acids is 4. The van der Waals surface area contributed by atoms with Crippen LogP contribution in [0.15, 0.2) is 36.4 Å². The molecule has 2 aliphatic carbocycles. The van der Waals surface area contributed by atoms with Crippen LogP contribution in [0.1, 0.15) is 69.4 Å². The lowest BCUT2D eigenvalue weighted by Gasteiger charge is -2.39. The van der Waals surface area contributed by atoms with Crippen LogP contribution in [-0.4, -0.2) is 41.4 Å². The minimum absolute atomic E-state index is 0.0911. The van der Waals surface area contributed by atoms with Gasteiger partial charge in [-0.2, -0.15) is 0 Å². The molecule has 0 spiro atoms. The molecular formula is C27H38N4O5. The summed E-state index contributed by atoms with van der Waals surface area (Å²) in [4.78, 5) is 51.0. The fourth-order valence-corrected chi connectivity index (χ4v) is 4.96. The highest BCUT2D eigenvalue weighted by atomic mass is 16.5. The Morgan fingerprint density at radius 3 is 2.58 bits per heavy atom. The van der Waals surface area contributed by atoms with Crippen molar-refractivity contribution in [2.75, 3.05) is 0 Å². The van der Waals surface area contributed by atoms with Crippen LogP contribution in [0.3, 0.4) is 0 Å². The fraction of sp³-hybridized carbons (Fsp3) is 0.556. The standard InChI is InChI=1S/C27H38N4O5/c1-3-21(30-26(35)36-17-19-11-9-10-18(2)16-19)24(33)31-27(14-7-4-8-15-27)25(34)29-22-13-6-5-12-20(22)23(28)32/h6,9-11,13,16,20-22H,3-5,7-8,12,14-15,17H2,1-2H3,(H2,28,32)(H,29,34)(H,30,35)(H,31,33). The molecule has 3 atom stereocenters. The predicted octanol–water partition coefficient (Wildman–Crippen LogP) is 2.76. The number of ether oxygens (including phenoxy) is 1. The Hall–Kier alpha value is -3.36. The first-order valence-corrected chi connectivity index (χ1v) is 12.8. The number of rotatable bonds is 9. The SMILES string of the molecule is CCC(NC(=O)OCc1cccc(C)c1)C(=O)NC1(C(=O)NC2C=CCCC2C(N)=O)CCCCC1. The first-order chi connectivity index (χ1) is 17.2. The number of amides is 4. The average molecular weight is 499 g/mol. The third-order valence-corrected chi connectivity index (χ3v) is 7.06. The van der Waals surface area contributed by atoms with E-state index in [1.807, 2.05) is 37.3 Å². The van der Waals surface area contributed by atoms with Crippen LogP contribution < -0.4 is 21.7 Å². The number of nitrogens with two attached hydrogens (primary N) is 1. The van der Waals surface area contributed by atoms with Crippen molar-refractivity contribution in [2.45, 2.75) is 89.4 Å². The second-order valence-corrected chi connectivity index (χ2v) is 9.82. The maximum Gasteiger partial charge on any atom is 0.408 e. The number of aryl methyl sites for hydroxylation is 1. The molecule has 4 amide bonds. The van der Waals surface area contributed by atoms with E-state index in [9.17, 15) is 19.2 Å². The van der Waals surface area contributed by atoms with Crippen LogP contribution in [0, 0.1) is 12.8 Å². The molecule has 0 saturated heterocycles. The maximum atomic E-state index is 13.5. The van der Waals surface area contributed by atoms with E-state index >= 15 is 0 Å². The molecule has 196 valence electrons. The van der Waals surface area contributed by atoms with Crippen LogP contribution >= 0.6 is 0 Å². The first-order valence-electron chi connectivity index (χ1n) is 12.8. The highest BCUT2D eigenvalue weighted by molar-refractivity contribution is 5.94. The van der Waals surface area contributed by atoms with Crippen LogP contribution in [-0.2, 0) is 25.7 Å². The molecule has 1 aromatic rings. The molecule has 0 aromatic heterocycles. The predicted molar refractivity (Wildman–Crippen MR) is 136 cm³/mol. The van der Waals surface area contributed by atoms with Gasteiger partial charge >= 0.3 is 6.09 Å². The van der Waals surface area contributed by atoms with Gasteiger partial charge in [0.15, 0.2) is 0 Å². The molecule has 1 saturated carbocycles. The van der Waals surface area contributed by atoms with Gasteiger partial charge < -0.3 is 26.4 Å². The Kier molecular flexibility index (Phi) is 9.50. The van der Waals surface area contributed by atoms with E-state index in [1.165, 1.54) is 0 Å². The second kappa shape index (κ2) is 12.6. The first kappa shape index (κ1) is 27.2. The fourth-order valence-electron chi connectivity index (χ4n) is 4.96. The number of primary amides is 1. The van der Waals surface area contributed by atoms with Crippen molar-refractivity contribution in [3.05, 3.63) is 47.5 Å². The Balaban J connectivity index is 1.64. The van der Waals surface area contributed by atoms with E-state index in [0.717, 1.165) is 36.8 Å². The summed E-state index contributed by atoms with van der Waals surface area (Å²) in [5.74, 6) is -1.70. The van der Waals surface area contributed by atoms with Crippen molar-refractivity contribution in [1.29, 1.82) is 0 Å². The molecule has 0 heterocycles. The van der Waals surface area contributed by atoms with Gasteiger partial charge in [0.05, 0.1) is 12.0 Å². The number of carbonyl (C=O) groups is 4. The lowest BCUT2D eigenvalue weighted by Crippen LogP contribution is -2.64. The summed E-state index contributed by atoms with van der Waals surface area (Å²) in [7, 11) is 0. The van der Waals surface area contributed by atoms with E-state index < -0.39 is 41.4 Å². The topological polar surface area (TPSA) is 140 Å². The highest BCUT2D eigenvalue weighted by Gasteiger charge is 2.43. The minimum atomic E-state index is -1.11. The molecule has 9 heteroatoms. The van der Waals surface area contributed by atoms with Crippen molar-refractivity contribution < 1.29 is 23.9 Å². The van der Waals surface area contributed by atoms with Crippen molar-refractivity contribution in [3.8, 4) is 0 Å². The zero-order valence-corrected chi connectivity index (χ0v) is 21.2. The van der Waals surface area contributed by atoms with Crippen molar-refractivity contribution >= 4 is 23.8 Å². The number of hydrogen-bond donors (Lipinski definition) is 4. The van der Waals surface area contributed by atoms with Crippen LogP contribution in [0.2, 0.25) is 0 Å². The molecule has 3 unspecified atom stereocenters. The molecule has 9 nitrogen and oxygen atoms in total. The van der Waals surface area contributed by atoms with Gasteiger partial charge in [0.25, 0.3) is 0 Å². The highest BCUT2D eigenvalue weighted by Crippen LogP contribution is 2.30. The lowest BCUT2D eigenvalue weighted by molar-refractivity contribution is -0.137. The van der Waals surface area contributed by atoms with Crippen LogP contribution in [0.25, 0.3) is 0 Å². The van der Waals surface area contributed by atoms with Gasteiger partial charge in [-0.15, -0.1) is 0 Å². The van der Waals surface area contributed by atoms with E-state index in [0.29, 0.717) is 25.7 Å². The number of hydrogen-bond acceptors (Lipinski definition) is 5. The van der Waals surface area contributed by atoms with Gasteiger partial charge in [-0.1, -0.05) is 68.2 Å². The van der Waals surface area contributed by atoms with Gasteiger partial charge in [0.2, 0.25) is 17.7 Å². The quantitative estimate of drug-likeness (QED) is 0.388. The van der Waals surface area contributed by atoms with E-state index in [2.05, 4.69) is 16.0 Å². The number of nitrogens with one attached hydrogen (secondary N) is 3. The third kappa shape index (κ3) is 7.08. The van der Waals surface area contributed by atoms with Gasteiger partial charge in [0.1, 0.15) is 18.2 Å². The summed E-state index contributed by atoms with van der Waals surface area (Å²) < 4.78 is 5.30. The van der Waals surface area contributed by atoms with Gasteiger partial charge in [-0.3, -0.25) is 14.4 Å². The molecular weight excluding hydrogens is 460 g/mol. The molecule has 0 bridgehead atoms. The van der Waals surface area contributed by atoms with Crippen LogP contribution in [0.5, 0.6) is 0 Å². The molecule has 2 aliphatic rings. The van der Waals surface area contributed by atoms with Gasteiger partial charge in [-0.25, -0.2) is 4.79 Å². The number of allylic oxidation sites excluding steroid dienone is 1. The minimum Gasteiger partial charge on any atom is -0.445 e. The molecule has 3 rings (SSSR count). The summed E-state index contributed by atoms with van der Waals surface area (Å²) in [6, 6.07) is 6.27. The summed E-state index contributed by atoms with van der Waals surface area (Å²) in [5, 5.41) is 8.52. The molecule has 5 N–H and O–H groups in total. The zero-order chi connectivity index (χ0) is 26.1. The maximum absolute atomic E-state index is 13.5. The van der Waals surface area contributed by atoms with Crippen molar-refractivity contribution in [3.63, 3.8) is 0 Å².